The molecule has 5 nitrogen and oxygen atoms in total. The van der Waals surface area contributed by atoms with Gasteiger partial charge in [0.1, 0.15) is 5.82 Å². The van der Waals surface area contributed by atoms with Crippen LogP contribution in [0.15, 0.2) is 53.7 Å². The van der Waals surface area contributed by atoms with Gasteiger partial charge in [0, 0.05) is 26.2 Å². The van der Waals surface area contributed by atoms with Gasteiger partial charge in [-0.1, -0.05) is 12.1 Å². The van der Waals surface area contributed by atoms with Crippen molar-refractivity contribution in [2.24, 2.45) is 0 Å². The third kappa shape index (κ3) is 3.22. The quantitative estimate of drug-likeness (QED) is 0.821. The summed E-state index contributed by atoms with van der Waals surface area (Å²) in [6, 6.07) is 8.53. The number of pyridine rings is 1. The first kappa shape index (κ1) is 17.4. The van der Waals surface area contributed by atoms with E-state index in [-0.39, 0.29) is 5.56 Å². The minimum Gasteiger partial charge on any atom is -0.397 e. The van der Waals surface area contributed by atoms with Crippen molar-refractivity contribution in [2.75, 3.05) is 36.8 Å². The van der Waals surface area contributed by atoms with Crippen molar-refractivity contribution in [3.05, 3.63) is 64.9 Å². The van der Waals surface area contributed by atoms with Crippen molar-refractivity contribution in [1.82, 2.24) is 9.88 Å². The first-order valence-corrected chi connectivity index (χ1v) is 8.44. The molecule has 0 radical (unpaired) electrons. The van der Waals surface area contributed by atoms with Crippen LogP contribution < -0.4 is 10.6 Å². The van der Waals surface area contributed by atoms with Crippen LogP contribution in [0.2, 0.25) is 0 Å². The van der Waals surface area contributed by atoms with Crippen LogP contribution in [-0.2, 0) is 6.18 Å². The van der Waals surface area contributed by atoms with Gasteiger partial charge in [-0.25, -0.2) is 4.98 Å². The minimum absolute atomic E-state index is 0.303. The number of nitrogens with two attached hydrogens (primary N) is 1. The fraction of sp³-hybridized carbons (Fsp3) is 0.263. The molecule has 0 atom stereocenters. The second-order valence-electron chi connectivity index (χ2n) is 6.72. The molecular formula is C19H17F3N4O. The number of aromatic nitrogens is 1. The zero-order valence-corrected chi connectivity index (χ0v) is 14.3. The molecule has 8 heteroatoms. The highest BCUT2D eigenvalue weighted by atomic mass is 19.4. The normalized spacial score (nSPS) is 16.9. The van der Waals surface area contributed by atoms with Crippen LogP contribution >= 0.6 is 0 Å². The number of halogens is 3. The highest BCUT2D eigenvalue weighted by Crippen LogP contribution is 2.34. The number of hydrogen-bond acceptors (Lipinski definition) is 4. The van der Waals surface area contributed by atoms with E-state index in [1.807, 2.05) is 6.07 Å². The number of nitrogens with zero attached hydrogens (tertiary/aromatic N) is 3. The predicted molar refractivity (Wildman–Crippen MR) is 95.2 cm³/mol. The van der Waals surface area contributed by atoms with Gasteiger partial charge in [-0.05, 0) is 35.4 Å². The summed E-state index contributed by atoms with van der Waals surface area (Å²) >= 11 is 0. The molecule has 1 aromatic carbocycles. The van der Waals surface area contributed by atoms with Crippen molar-refractivity contribution in [3.63, 3.8) is 0 Å². The van der Waals surface area contributed by atoms with Crippen LogP contribution in [0.1, 0.15) is 15.9 Å². The topological polar surface area (TPSA) is 62.5 Å². The maximum atomic E-state index is 13.2. The Balaban J connectivity index is 1.47. The molecule has 0 spiro atoms. The van der Waals surface area contributed by atoms with E-state index in [2.05, 4.69) is 9.88 Å². The summed E-state index contributed by atoms with van der Waals surface area (Å²) in [6.45, 7) is 1.89. The first-order chi connectivity index (χ1) is 12.8. The first-order valence-electron chi connectivity index (χ1n) is 8.44. The number of carbonyl (C=O) groups is 1. The van der Waals surface area contributed by atoms with Gasteiger partial charge >= 0.3 is 6.18 Å². The average molecular weight is 374 g/mol. The molecule has 2 aromatic rings. The summed E-state index contributed by atoms with van der Waals surface area (Å²) in [5, 5.41) is 0. The fourth-order valence-corrected chi connectivity index (χ4v) is 3.56. The van der Waals surface area contributed by atoms with Gasteiger partial charge in [0.05, 0.1) is 23.0 Å². The molecule has 1 aromatic heterocycles. The lowest BCUT2D eigenvalue weighted by atomic mass is 10.1. The molecule has 0 aliphatic carbocycles. The van der Waals surface area contributed by atoms with Crippen molar-refractivity contribution < 1.29 is 18.0 Å². The molecule has 2 aliphatic heterocycles. The molecular weight excluding hydrogens is 357 g/mol. The third-order valence-electron chi connectivity index (χ3n) is 4.87. The Morgan fingerprint density at radius 1 is 1.00 bits per heavy atom. The number of rotatable bonds is 2. The number of anilines is 2. The Labute approximate surface area is 153 Å². The number of nitrogen functional groups attached to an aromatic ring is 1. The van der Waals surface area contributed by atoms with Crippen LogP contribution in [0, 0.1) is 0 Å². The van der Waals surface area contributed by atoms with E-state index >= 15 is 0 Å². The van der Waals surface area contributed by atoms with Crippen LogP contribution in [0.25, 0.3) is 0 Å². The highest BCUT2D eigenvalue weighted by Gasteiger charge is 2.38. The lowest BCUT2D eigenvalue weighted by Gasteiger charge is -2.24. The van der Waals surface area contributed by atoms with E-state index in [0.717, 1.165) is 23.0 Å². The Hall–Kier alpha value is -3.03. The largest absolute Gasteiger partial charge is 0.417 e. The molecule has 1 amide bonds. The van der Waals surface area contributed by atoms with Crippen molar-refractivity contribution in [1.29, 1.82) is 0 Å². The molecule has 0 bridgehead atoms. The van der Waals surface area contributed by atoms with E-state index in [0.29, 0.717) is 31.9 Å². The number of alkyl halides is 3. The standard InChI is InChI=1S/C19H17F3N4O/c20-19(21,22)16-4-2-1-3-15(16)18(27)26-10-12-8-25(9-13(12)11-26)17-6-5-14(23)7-24-17/h1-7H,8-11,23H2. The van der Waals surface area contributed by atoms with E-state index < -0.39 is 17.6 Å². The average Bonchev–Trinajstić information content (AvgIpc) is 3.20. The van der Waals surface area contributed by atoms with Gasteiger partial charge in [0.2, 0.25) is 0 Å². The lowest BCUT2D eigenvalue weighted by Crippen LogP contribution is -2.35. The summed E-state index contributed by atoms with van der Waals surface area (Å²) < 4.78 is 39.6. The van der Waals surface area contributed by atoms with Crippen LogP contribution in [0.4, 0.5) is 24.7 Å². The zero-order valence-electron chi connectivity index (χ0n) is 14.3. The third-order valence-corrected chi connectivity index (χ3v) is 4.87. The molecule has 2 aliphatic rings. The molecule has 0 saturated heterocycles. The Morgan fingerprint density at radius 2 is 1.67 bits per heavy atom. The van der Waals surface area contributed by atoms with Gasteiger partial charge in [-0.15, -0.1) is 0 Å². The molecule has 4 rings (SSSR count). The Kier molecular flexibility index (Phi) is 4.05. The highest BCUT2D eigenvalue weighted by molar-refractivity contribution is 5.96. The monoisotopic (exact) mass is 374 g/mol. The molecule has 0 fully saturated rings. The molecule has 2 N–H and O–H groups in total. The summed E-state index contributed by atoms with van der Waals surface area (Å²) in [5.74, 6) is 0.202. The van der Waals surface area contributed by atoms with E-state index in [4.69, 9.17) is 5.73 Å². The Bertz CT molecular complexity index is 903. The maximum Gasteiger partial charge on any atom is 0.417 e. The molecule has 0 unspecified atom stereocenters. The molecule has 0 saturated carbocycles. The van der Waals surface area contributed by atoms with Gasteiger partial charge in [0.15, 0.2) is 0 Å². The second-order valence-corrected chi connectivity index (χ2v) is 6.72. The van der Waals surface area contributed by atoms with E-state index in [1.165, 1.54) is 23.1 Å². The predicted octanol–water partition coefficient (Wildman–Crippen LogP) is 2.96. The SMILES string of the molecule is Nc1ccc(N2CC3=C(CN(C(=O)c4ccccc4C(F)(F)F)C3)C2)nc1. The van der Waals surface area contributed by atoms with Crippen molar-refractivity contribution in [3.8, 4) is 0 Å². The molecule has 140 valence electrons. The minimum atomic E-state index is -4.56. The lowest BCUT2D eigenvalue weighted by molar-refractivity contribution is -0.138. The number of amides is 1. The summed E-state index contributed by atoms with van der Waals surface area (Å²) in [7, 11) is 0. The van der Waals surface area contributed by atoms with Gasteiger partial charge in [-0.2, -0.15) is 13.2 Å². The number of carbonyl (C=O) groups excluding carboxylic acids is 1. The summed E-state index contributed by atoms with van der Waals surface area (Å²) in [4.78, 5) is 20.5. The summed E-state index contributed by atoms with van der Waals surface area (Å²) in [5.41, 5.74) is 7.16. The van der Waals surface area contributed by atoms with Crippen LogP contribution in [0.3, 0.4) is 0 Å². The molecule has 3 heterocycles. The van der Waals surface area contributed by atoms with Gasteiger partial charge in [0.25, 0.3) is 5.91 Å². The van der Waals surface area contributed by atoms with Crippen molar-refractivity contribution in [2.45, 2.75) is 6.18 Å². The van der Waals surface area contributed by atoms with E-state index in [1.54, 1.807) is 12.3 Å². The Morgan fingerprint density at radius 3 is 2.26 bits per heavy atom. The smallest absolute Gasteiger partial charge is 0.397 e. The van der Waals surface area contributed by atoms with Crippen LogP contribution in [0.5, 0.6) is 0 Å². The van der Waals surface area contributed by atoms with Gasteiger partial charge in [-0.3, -0.25) is 4.79 Å². The van der Waals surface area contributed by atoms with Crippen LogP contribution in [-0.4, -0.2) is 42.0 Å². The fourth-order valence-electron chi connectivity index (χ4n) is 3.56. The zero-order chi connectivity index (χ0) is 19.2. The second kappa shape index (κ2) is 6.29. The van der Waals surface area contributed by atoms with Crippen molar-refractivity contribution >= 4 is 17.4 Å². The maximum absolute atomic E-state index is 13.2. The van der Waals surface area contributed by atoms with E-state index in [9.17, 15) is 18.0 Å². The number of benzene rings is 1. The molecule has 27 heavy (non-hydrogen) atoms. The summed E-state index contributed by atoms with van der Waals surface area (Å²) in [6.07, 6.45) is -2.97. The number of hydrogen-bond donors (Lipinski definition) is 1. The van der Waals surface area contributed by atoms with Gasteiger partial charge < -0.3 is 15.5 Å².